The summed E-state index contributed by atoms with van der Waals surface area (Å²) in [5.74, 6) is 1.06. The number of ether oxygens (including phenoxy) is 1. The van der Waals surface area contributed by atoms with E-state index in [0.29, 0.717) is 62.3 Å². The molecule has 2 aromatic carbocycles. The Bertz CT molecular complexity index is 1540. The Balaban J connectivity index is 1.17. The smallest absolute Gasteiger partial charge is 0.243 e. The predicted molar refractivity (Wildman–Crippen MR) is 178 cm³/mol. The lowest BCUT2D eigenvalue weighted by Gasteiger charge is -2.42. The van der Waals surface area contributed by atoms with Crippen LogP contribution in [0.15, 0.2) is 58.8 Å². The number of aromatic nitrogens is 1. The maximum Gasteiger partial charge on any atom is 0.243 e. The fourth-order valence-electron chi connectivity index (χ4n) is 6.53. The van der Waals surface area contributed by atoms with Crippen molar-refractivity contribution in [3.63, 3.8) is 0 Å². The van der Waals surface area contributed by atoms with Crippen LogP contribution >= 0.6 is 22.9 Å². The number of nitrogens with zero attached hydrogens (tertiary/aromatic N) is 4. The third-order valence-electron chi connectivity index (χ3n) is 9.22. The number of benzene rings is 2. The average molecular weight is 672 g/mol. The normalized spacial score (nSPS) is 21.2. The largest absolute Gasteiger partial charge is 0.493 e. The Labute approximate surface area is 275 Å². The highest BCUT2D eigenvalue weighted by atomic mass is 35.5. The molecule has 0 spiro atoms. The summed E-state index contributed by atoms with van der Waals surface area (Å²) < 4.78 is 35.5. The fraction of sp³-hybridized carbons (Fsp3) is 0.515. The quantitative estimate of drug-likeness (QED) is 0.331. The van der Waals surface area contributed by atoms with Crippen molar-refractivity contribution in [1.29, 1.82) is 0 Å². The topological polar surface area (TPSA) is 109 Å². The summed E-state index contributed by atoms with van der Waals surface area (Å²) in [6, 6.07) is 13.5. The van der Waals surface area contributed by atoms with Crippen molar-refractivity contribution < 1.29 is 17.9 Å². The van der Waals surface area contributed by atoms with E-state index < -0.39 is 16.1 Å². The number of hydrogen-bond acceptors (Lipinski definition) is 8. The first-order valence-electron chi connectivity index (χ1n) is 16.0. The molecule has 2 aliphatic heterocycles. The molecule has 1 aromatic heterocycles. The Kier molecular flexibility index (Phi) is 10.4. The summed E-state index contributed by atoms with van der Waals surface area (Å²) in [4.78, 5) is 22.9. The first kappa shape index (κ1) is 32.4. The molecule has 1 atom stereocenters. The maximum absolute atomic E-state index is 14.1. The number of sulfonamides is 1. The van der Waals surface area contributed by atoms with Gasteiger partial charge in [-0.2, -0.15) is 4.31 Å². The molecule has 0 unspecified atom stereocenters. The molecule has 12 heteroatoms. The van der Waals surface area contributed by atoms with E-state index in [0.717, 1.165) is 16.3 Å². The highest BCUT2D eigenvalue weighted by molar-refractivity contribution is 7.89. The van der Waals surface area contributed by atoms with Crippen molar-refractivity contribution in [2.45, 2.75) is 68.5 Å². The van der Waals surface area contributed by atoms with E-state index in [1.54, 1.807) is 40.5 Å². The van der Waals surface area contributed by atoms with Crippen LogP contribution in [0.5, 0.6) is 5.75 Å². The van der Waals surface area contributed by atoms with E-state index in [4.69, 9.17) is 27.1 Å². The van der Waals surface area contributed by atoms with Gasteiger partial charge in [-0.1, -0.05) is 43.0 Å². The summed E-state index contributed by atoms with van der Waals surface area (Å²) in [5, 5.41) is 3.59. The van der Waals surface area contributed by atoms with Crippen molar-refractivity contribution in [3.05, 3.63) is 64.6 Å². The van der Waals surface area contributed by atoms with Crippen LogP contribution in [-0.4, -0.2) is 84.8 Å². The highest BCUT2D eigenvalue weighted by Gasteiger charge is 2.42. The second-order valence-electron chi connectivity index (χ2n) is 12.5. The molecule has 1 aliphatic carbocycles. The Hall–Kier alpha value is -2.54. The molecule has 2 saturated heterocycles. The number of piperidine rings is 1. The van der Waals surface area contributed by atoms with Gasteiger partial charge in [-0.05, 0) is 68.0 Å². The average Bonchev–Trinajstić information content (AvgIpc) is 3.53. The summed E-state index contributed by atoms with van der Waals surface area (Å²) >= 11 is 7.61. The van der Waals surface area contributed by atoms with Crippen molar-refractivity contribution in [3.8, 4) is 16.3 Å². The van der Waals surface area contributed by atoms with E-state index in [2.05, 4.69) is 4.90 Å². The van der Waals surface area contributed by atoms with Crippen molar-refractivity contribution in [1.82, 2.24) is 19.1 Å². The minimum absolute atomic E-state index is 0.0649. The number of piperazine rings is 1. The van der Waals surface area contributed by atoms with Crippen LogP contribution < -0.4 is 10.5 Å². The Morgan fingerprint density at radius 2 is 1.67 bits per heavy atom. The van der Waals surface area contributed by atoms with E-state index in [-0.39, 0.29) is 29.9 Å². The molecule has 3 heterocycles. The van der Waals surface area contributed by atoms with Gasteiger partial charge in [-0.25, -0.2) is 13.4 Å². The zero-order valence-corrected chi connectivity index (χ0v) is 27.9. The second-order valence-corrected chi connectivity index (χ2v) is 15.7. The van der Waals surface area contributed by atoms with Crippen molar-refractivity contribution >= 4 is 38.9 Å². The first-order valence-corrected chi connectivity index (χ1v) is 18.7. The van der Waals surface area contributed by atoms with Gasteiger partial charge in [-0.15, -0.1) is 11.3 Å². The standard InChI is InChI=1S/C33H42ClN5O4S2/c34-26-8-6-25(7-9-26)32-36-28(23-44-32)20-37-18-19-39(31(21-37)33(40)38-16-14-27(35)15-17-38)45(41,42)30-12-10-29(11-13-30)43-22-24-4-2-1-3-5-24/h6-13,23-24,27,31H,1-5,14-22,35H2/t31-/m0/s1. The fourth-order valence-corrected chi connectivity index (χ4v) is 9.04. The van der Waals surface area contributed by atoms with Crippen LogP contribution in [0.3, 0.4) is 0 Å². The molecule has 0 bridgehead atoms. The molecule has 242 valence electrons. The Morgan fingerprint density at radius 1 is 0.956 bits per heavy atom. The van der Waals surface area contributed by atoms with Gasteiger partial charge in [-0.3, -0.25) is 9.69 Å². The third-order valence-corrected chi connectivity index (χ3v) is 12.3. The van der Waals surface area contributed by atoms with Crippen LogP contribution in [-0.2, 0) is 21.4 Å². The van der Waals surface area contributed by atoms with Gasteiger partial charge in [0, 0.05) is 61.3 Å². The number of carbonyl (C=O) groups excluding carboxylic acids is 1. The summed E-state index contributed by atoms with van der Waals surface area (Å²) in [5.41, 5.74) is 7.99. The molecule has 6 rings (SSSR count). The van der Waals surface area contributed by atoms with Crippen molar-refractivity contribution in [2.75, 3.05) is 39.3 Å². The molecule has 3 aromatic rings. The van der Waals surface area contributed by atoms with Gasteiger partial charge in [0.2, 0.25) is 15.9 Å². The first-order chi connectivity index (χ1) is 21.8. The molecule has 1 amide bonds. The summed E-state index contributed by atoms with van der Waals surface area (Å²) in [7, 11) is -3.94. The van der Waals surface area contributed by atoms with Crippen LogP contribution in [0, 0.1) is 5.92 Å². The number of likely N-dealkylation sites (tertiary alicyclic amines) is 1. The van der Waals surface area contributed by atoms with Crippen LogP contribution in [0.4, 0.5) is 0 Å². The van der Waals surface area contributed by atoms with Crippen LogP contribution in [0.2, 0.25) is 5.02 Å². The second kappa shape index (κ2) is 14.5. The van der Waals surface area contributed by atoms with Gasteiger partial charge >= 0.3 is 0 Å². The van der Waals surface area contributed by atoms with E-state index in [1.165, 1.54) is 36.4 Å². The molecule has 0 radical (unpaired) electrons. The third kappa shape index (κ3) is 7.89. The van der Waals surface area contributed by atoms with Gasteiger partial charge in [0.05, 0.1) is 17.2 Å². The highest BCUT2D eigenvalue weighted by Crippen LogP contribution is 2.29. The van der Waals surface area contributed by atoms with Gasteiger partial charge < -0.3 is 15.4 Å². The lowest BCUT2D eigenvalue weighted by molar-refractivity contribution is -0.138. The molecule has 3 fully saturated rings. The van der Waals surface area contributed by atoms with E-state index in [9.17, 15) is 13.2 Å². The Morgan fingerprint density at radius 3 is 2.38 bits per heavy atom. The zero-order valence-electron chi connectivity index (χ0n) is 25.5. The molecular weight excluding hydrogens is 630 g/mol. The number of thiazole rings is 1. The van der Waals surface area contributed by atoms with Crippen molar-refractivity contribution in [2.24, 2.45) is 11.7 Å². The minimum atomic E-state index is -3.94. The summed E-state index contributed by atoms with van der Waals surface area (Å²) in [6.45, 7) is 3.24. The minimum Gasteiger partial charge on any atom is -0.493 e. The number of halogens is 1. The summed E-state index contributed by atoms with van der Waals surface area (Å²) in [6.07, 6.45) is 7.58. The lowest BCUT2D eigenvalue weighted by atomic mass is 9.90. The molecule has 3 aliphatic rings. The van der Waals surface area contributed by atoms with Crippen LogP contribution in [0.1, 0.15) is 50.6 Å². The molecule has 1 saturated carbocycles. The van der Waals surface area contributed by atoms with E-state index in [1.807, 2.05) is 29.6 Å². The SMILES string of the molecule is NC1CCN(C(=O)[C@@H]2CN(Cc3csc(-c4ccc(Cl)cc4)n3)CCN2S(=O)(=O)c2ccc(OCC3CCCCC3)cc2)CC1. The molecule has 9 nitrogen and oxygen atoms in total. The molecule has 45 heavy (non-hydrogen) atoms. The number of hydrogen-bond donors (Lipinski definition) is 1. The maximum atomic E-state index is 14.1. The lowest BCUT2D eigenvalue weighted by Crippen LogP contribution is -2.61. The number of carbonyl (C=O) groups is 1. The van der Waals surface area contributed by atoms with E-state index >= 15 is 0 Å². The number of nitrogens with two attached hydrogens (primary N) is 1. The van der Waals surface area contributed by atoms with Gasteiger partial charge in [0.1, 0.15) is 16.8 Å². The molecular formula is C33H42ClN5O4S2. The number of rotatable bonds is 9. The number of amides is 1. The van der Waals surface area contributed by atoms with Gasteiger partial charge in [0.25, 0.3) is 0 Å². The molecule has 2 N–H and O–H groups in total. The zero-order chi connectivity index (χ0) is 31.4. The van der Waals surface area contributed by atoms with Crippen LogP contribution in [0.25, 0.3) is 10.6 Å². The predicted octanol–water partition coefficient (Wildman–Crippen LogP) is 5.25. The van der Waals surface area contributed by atoms with Gasteiger partial charge in [0.15, 0.2) is 0 Å². The monoisotopic (exact) mass is 671 g/mol.